The highest BCUT2D eigenvalue weighted by Gasteiger charge is 2.33. The van der Waals surface area contributed by atoms with Crippen LogP contribution in [0.2, 0.25) is 0 Å². The molecule has 0 N–H and O–H groups in total. The van der Waals surface area contributed by atoms with E-state index >= 15 is 0 Å². The molecule has 1 aromatic carbocycles. The van der Waals surface area contributed by atoms with Crippen LogP contribution in [0.1, 0.15) is 43.7 Å². The van der Waals surface area contributed by atoms with Gasteiger partial charge >= 0.3 is 6.09 Å². The first-order chi connectivity index (χ1) is 10.3. The van der Waals surface area contributed by atoms with Crippen LogP contribution in [-0.2, 0) is 9.53 Å². The van der Waals surface area contributed by atoms with Crippen molar-refractivity contribution in [1.29, 1.82) is 0 Å². The summed E-state index contributed by atoms with van der Waals surface area (Å²) in [7, 11) is 0. The second kappa shape index (κ2) is 8.11. The standard InChI is InChI=1S/C17H19NO3/c19-13-9-4-2-1-3-8-12-18-16(14-21-17(18)20)15-10-6-5-7-11-15/h5-7,10-11,13,16H,1-4,9,14H2/t16-/m0/s1. The van der Waals surface area contributed by atoms with Crippen molar-refractivity contribution in [2.75, 3.05) is 6.61 Å². The van der Waals surface area contributed by atoms with Crippen molar-refractivity contribution in [2.24, 2.45) is 0 Å². The van der Waals surface area contributed by atoms with Gasteiger partial charge in [-0.15, -0.1) is 0 Å². The molecule has 1 heterocycles. The molecule has 0 aliphatic carbocycles. The van der Waals surface area contributed by atoms with Crippen molar-refractivity contribution in [3.63, 3.8) is 0 Å². The first-order valence-electron chi connectivity index (χ1n) is 7.26. The number of hydrogen-bond acceptors (Lipinski definition) is 3. The van der Waals surface area contributed by atoms with Gasteiger partial charge in [-0.05, 0) is 18.4 Å². The van der Waals surface area contributed by atoms with Gasteiger partial charge < -0.3 is 9.53 Å². The molecule has 0 radical (unpaired) electrons. The fraction of sp³-hybridized carbons (Fsp3) is 0.412. The van der Waals surface area contributed by atoms with E-state index in [4.69, 9.17) is 4.74 Å². The molecule has 4 heteroatoms. The minimum absolute atomic E-state index is 0.124. The van der Waals surface area contributed by atoms with Crippen LogP contribution in [0, 0.1) is 12.0 Å². The van der Waals surface area contributed by atoms with Gasteiger partial charge in [-0.1, -0.05) is 42.7 Å². The number of hydrogen-bond donors (Lipinski definition) is 0. The van der Waals surface area contributed by atoms with Crippen molar-refractivity contribution >= 4 is 12.4 Å². The molecule has 0 saturated carbocycles. The molecule has 2 rings (SSSR count). The minimum Gasteiger partial charge on any atom is -0.446 e. The van der Waals surface area contributed by atoms with Gasteiger partial charge in [-0.2, -0.15) is 0 Å². The van der Waals surface area contributed by atoms with Gasteiger partial charge in [-0.25, -0.2) is 9.69 Å². The van der Waals surface area contributed by atoms with E-state index in [-0.39, 0.29) is 12.1 Å². The van der Waals surface area contributed by atoms with Crippen LogP contribution in [0.25, 0.3) is 0 Å². The Hall–Kier alpha value is -2.28. The van der Waals surface area contributed by atoms with Gasteiger partial charge in [0.2, 0.25) is 0 Å². The molecule has 21 heavy (non-hydrogen) atoms. The molecule has 1 aliphatic rings. The molecule has 0 aromatic heterocycles. The zero-order valence-corrected chi connectivity index (χ0v) is 12.0. The quantitative estimate of drug-likeness (QED) is 0.458. The van der Waals surface area contributed by atoms with Gasteiger partial charge in [0.1, 0.15) is 18.9 Å². The zero-order valence-electron chi connectivity index (χ0n) is 12.0. The summed E-state index contributed by atoms with van der Waals surface area (Å²) in [6.45, 7) is 0.344. The number of amides is 1. The minimum atomic E-state index is -0.377. The monoisotopic (exact) mass is 285 g/mol. The predicted molar refractivity (Wildman–Crippen MR) is 79.3 cm³/mol. The molecule has 0 unspecified atom stereocenters. The summed E-state index contributed by atoms with van der Waals surface area (Å²) < 4.78 is 5.09. The lowest BCUT2D eigenvalue weighted by atomic mass is 10.1. The molecule has 1 atom stereocenters. The number of cyclic esters (lactones) is 1. The van der Waals surface area contributed by atoms with E-state index in [1.165, 1.54) is 4.90 Å². The van der Waals surface area contributed by atoms with Crippen LogP contribution in [0.5, 0.6) is 0 Å². The largest absolute Gasteiger partial charge is 0.446 e. The molecule has 1 aromatic rings. The third-order valence-corrected chi connectivity index (χ3v) is 3.38. The Labute approximate surface area is 125 Å². The molecule has 1 amide bonds. The molecule has 0 spiro atoms. The third-order valence-electron chi connectivity index (χ3n) is 3.38. The lowest BCUT2D eigenvalue weighted by molar-refractivity contribution is -0.107. The van der Waals surface area contributed by atoms with Crippen LogP contribution < -0.4 is 0 Å². The van der Waals surface area contributed by atoms with E-state index in [0.717, 1.165) is 37.5 Å². The van der Waals surface area contributed by atoms with Crippen LogP contribution in [0.15, 0.2) is 30.3 Å². The van der Waals surface area contributed by atoms with E-state index in [9.17, 15) is 9.59 Å². The molecule has 1 aliphatic heterocycles. The Morgan fingerprint density at radius 1 is 1.24 bits per heavy atom. The zero-order chi connectivity index (χ0) is 14.9. The summed E-state index contributed by atoms with van der Waals surface area (Å²) in [5.74, 6) is 3.02. The summed E-state index contributed by atoms with van der Waals surface area (Å²) >= 11 is 0. The smallest absolute Gasteiger partial charge is 0.422 e. The summed E-state index contributed by atoms with van der Waals surface area (Å²) in [5, 5.41) is 0. The van der Waals surface area contributed by atoms with Gasteiger partial charge in [0.05, 0.1) is 0 Å². The number of rotatable bonds is 6. The Kier molecular flexibility index (Phi) is 5.83. The Morgan fingerprint density at radius 3 is 2.81 bits per heavy atom. The number of carbonyl (C=O) groups is 2. The average molecular weight is 285 g/mol. The molecular formula is C17H19NO3. The Morgan fingerprint density at radius 2 is 2.05 bits per heavy atom. The average Bonchev–Trinajstić information content (AvgIpc) is 2.88. The first kappa shape index (κ1) is 15.1. The molecule has 4 nitrogen and oxygen atoms in total. The second-order valence-electron chi connectivity index (χ2n) is 4.93. The number of carbonyl (C=O) groups excluding carboxylic acids is 2. The van der Waals surface area contributed by atoms with Crippen LogP contribution >= 0.6 is 0 Å². The van der Waals surface area contributed by atoms with Crippen LogP contribution in [0.4, 0.5) is 4.79 Å². The second-order valence-corrected chi connectivity index (χ2v) is 4.93. The van der Waals surface area contributed by atoms with Crippen LogP contribution in [-0.4, -0.2) is 23.9 Å². The maximum Gasteiger partial charge on any atom is 0.422 e. The van der Waals surface area contributed by atoms with Crippen molar-refractivity contribution in [2.45, 2.75) is 38.1 Å². The summed E-state index contributed by atoms with van der Waals surface area (Å²) in [4.78, 5) is 23.4. The van der Waals surface area contributed by atoms with Gasteiger partial charge in [0.15, 0.2) is 0 Å². The molecule has 0 bridgehead atoms. The van der Waals surface area contributed by atoms with Crippen molar-refractivity contribution < 1.29 is 14.3 Å². The first-order valence-corrected chi connectivity index (χ1v) is 7.26. The van der Waals surface area contributed by atoms with Gasteiger partial charge in [0, 0.05) is 18.9 Å². The number of unbranched alkanes of at least 4 members (excludes halogenated alkanes) is 4. The van der Waals surface area contributed by atoms with E-state index in [2.05, 4.69) is 12.0 Å². The van der Waals surface area contributed by atoms with E-state index in [0.29, 0.717) is 13.0 Å². The lowest BCUT2D eigenvalue weighted by Crippen LogP contribution is -2.22. The summed E-state index contributed by atoms with van der Waals surface area (Å²) in [6, 6.07) is 12.6. The van der Waals surface area contributed by atoms with Crippen molar-refractivity contribution in [3.05, 3.63) is 35.9 Å². The normalized spacial score (nSPS) is 17.0. The topological polar surface area (TPSA) is 46.6 Å². The van der Waals surface area contributed by atoms with Gasteiger partial charge in [-0.3, -0.25) is 0 Å². The highest BCUT2D eigenvalue weighted by molar-refractivity contribution is 5.72. The molecule has 110 valence electrons. The number of benzene rings is 1. The van der Waals surface area contributed by atoms with E-state index in [1.54, 1.807) is 0 Å². The summed E-state index contributed by atoms with van der Waals surface area (Å²) in [6.07, 6.45) is 4.74. The highest BCUT2D eigenvalue weighted by Crippen LogP contribution is 2.26. The number of ether oxygens (including phenoxy) is 1. The van der Waals surface area contributed by atoms with Gasteiger partial charge in [0.25, 0.3) is 0 Å². The maximum absolute atomic E-state index is 11.7. The van der Waals surface area contributed by atoms with Crippen LogP contribution in [0.3, 0.4) is 0 Å². The number of nitrogens with zero attached hydrogens (tertiary/aromatic N) is 1. The van der Waals surface area contributed by atoms with Crippen molar-refractivity contribution in [3.8, 4) is 12.0 Å². The van der Waals surface area contributed by atoms with Crippen molar-refractivity contribution in [1.82, 2.24) is 4.90 Å². The maximum atomic E-state index is 11.7. The Bertz CT molecular complexity index is 530. The third kappa shape index (κ3) is 4.35. The molecule has 1 fully saturated rings. The fourth-order valence-electron chi connectivity index (χ4n) is 2.22. The fourth-order valence-corrected chi connectivity index (χ4v) is 2.22. The SMILES string of the molecule is O=CCCCCCC#CN1C(=O)OC[C@H]1c1ccccc1. The number of aldehydes is 1. The van der Waals surface area contributed by atoms with E-state index < -0.39 is 0 Å². The van der Waals surface area contributed by atoms with E-state index in [1.807, 2.05) is 30.3 Å². The molecule has 1 saturated heterocycles. The highest BCUT2D eigenvalue weighted by atomic mass is 16.6. The lowest BCUT2D eigenvalue weighted by Gasteiger charge is -2.14. The molecular weight excluding hydrogens is 266 g/mol. The Balaban J connectivity index is 1.88. The predicted octanol–water partition coefficient (Wildman–Crippen LogP) is 3.29. The summed E-state index contributed by atoms with van der Waals surface area (Å²) in [5.41, 5.74) is 1.03.